The number of aromatic nitrogens is 6. The Kier molecular flexibility index (Phi) is 11.1. The maximum atomic E-state index is 16.7. The topological polar surface area (TPSA) is 281 Å². The molecule has 21 nitrogen and oxygen atoms in total. The van der Waals surface area contributed by atoms with Crippen molar-refractivity contribution in [3.05, 3.63) is 105 Å². The maximum Gasteiger partial charge on any atom is 0.472 e. The SMILES string of the molecule is Nc1ncnc2c1ncn2[C@@H]1O[C@@H]2COP(=O)(O)O[C@@H]3C[C@@H](COP(=O)(SCc4ccc(OC(=O)c5ccc(O)cc5)cc4)O[C@H]2[C@H]1F)O[C@H]3n1ccc(=O)[nH]c1=O. The predicted octanol–water partition coefficient (Wildman–Crippen LogP) is 3.37. The third kappa shape index (κ3) is 8.50. The van der Waals surface area contributed by atoms with Crippen LogP contribution in [0.2, 0.25) is 0 Å². The Bertz CT molecular complexity index is 2540. The number of nitrogen functional groups attached to an aromatic ring is 1. The highest BCUT2D eigenvalue weighted by atomic mass is 32.7. The standard InChI is InChI=1S/C33H32FN7O14P2S/c34-25-27-23(53-31(25)41-16-38-26-28(35)36-15-37-29(26)41)13-49-56(46,47)54-22-11-21(51-30(22)40-10-9-24(43)39-33(40)45)12-50-57(48,55-27)58-14-17-1-7-20(8-2-17)52-32(44)18-3-5-19(42)6-4-18/h1-10,15-16,21-23,25,27,30-31,42H,11-14H2,(H,46,47)(H2,35,36,37)(H,39,43,45)/t21-,22+,23+,25+,27+,30+,31+,57?/m0/s1. The van der Waals surface area contributed by atoms with Crippen molar-refractivity contribution >= 4 is 49.0 Å². The molecule has 2 unspecified atom stereocenters. The van der Waals surface area contributed by atoms with Gasteiger partial charge in [0.25, 0.3) is 5.56 Å². The Morgan fingerprint density at radius 1 is 0.966 bits per heavy atom. The van der Waals surface area contributed by atoms with Crippen molar-refractivity contribution in [3.63, 3.8) is 0 Å². The van der Waals surface area contributed by atoms with Gasteiger partial charge in [-0.2, -0.15) is 0 Å². The van der Waals surface area contributed by atoms with Gasteiger partial charge in [0.2, 0.25) is 0 Å². The number of nitrogens with one attached hydrogen (secondary N) is 1. The first kappa shape index (κ1) is 40.0. The zero-order valence-electron chi connectivity index (χ0n) is 29.6. The molecule has 3 aromatic heterocycles. The normalized spacial score (nSPS) is 30.2. The number of benzene rings is 2. The highest BCUT2D eigenvalue weighted by Crippen LogP contribution is 2.64. The van der Waals surface area contributed by atoms with Gasteiger partial charge in [-0.05, 0) is 53.3 Å². The minimum Gasteiger partial charge on any atom is -0.508 e. The van der Waals surface area contributed by atoms with Crippen molar-refractivity contribution in [3.8, 4) is 11.5 Å². The molecule has 58 heavy (non-hydrogen) atoms. The van der Waals surface area contributed by atoms with Crippen LogP contribution in [-0.2, 0) is 42.5 Å². The molecule has 9 atom stereocenters. The van der Waals surface area contributed by atoms with Crippen LogP contribution in [0.25, 0.3) is 11.2 Å². The van der Waals surface area contributed by atoms with Crippen LogP contribution in [0.1, 0.15) is 34.8 Å². The van der Waals surface area contributed by atoms with E-state index in [1.54, 1.807) is 12.1 Å². The van der Waals surface area contributed by atoms with E-state index < -0.39 is 88.1 Å². The number of carbonyl (C=O) groups is 1. The minimum atomic E-state index is -5.03. The summed E-state index contributed by atoms with van der Waals surface area (Å²) in [6.07, 6.45) is -7.41. The van der Waals surface area contributed by atoms with E-state index in [0.717, 1.165) is 23.2 Å². The molecule has 8 rings (SSSR count). The number of phosphoric acid groups is 1. The third-order valence-electron chi connectivity index (χ3n) is 9.16. The molecule has 0 saturated carbocycles. The minimum absolute atomic E-state index is 0.00905. The van der Waals surface area contributed by atoms with Crippen molar-refractivity contribution in [2.45, 2.75) is 55.2 Å². The lowest BCUT2D eigenvalue weighted by atomic mass is 10.1. The Labute approximate surface area is 329 Å². The van der Waals surface area contributed by atoms with Gasteiger partial charge in [0.05, 0.1) is 31.2 Å². The summed E-state index contributed by atoms with van der Waals surface area (Å²) >= 11 is 0.682. The lowest BCUT2D eigenvalue weighted by Gasteiger charge is -2.27. The molecule has 2 bridgehead atoms. The summed E-state index contributed by atoms with van der Waals surface area (Å²) in [5.74, 6) is -0.524. The number of imidazole rings is 1. The fraction of sp³-hybridized carbons (Fsp3) is 0.333. The number of alkyl halides is 1. The van der Waals surface area contributed by atoms with E-state index in [4.69, 9.17) is 38.0 Å². The van der Waals surface area contributed by atoms with Gasteiger partial charge in [-0.1, -0.05) is 12.1 Å². The number of fused-ring (bicyclic) bond motifs is 4. The first-order chi connectivity index (χ1) is 27.7. The number of phosphoric ester groups is 1. The largest absolute Gasteiger partial charge is 0.508 e. The Hall–Kier alpha value is -4.80. The molecule has 0 spiro atoms. The van der Waals surface area contributed by atoms with E-state index in [2.05, 4.69) is 19.9 Å². The second kappa shape index (κ2) is 16.1. The number of phenolic OH excluding ortho intramolecular Hbond substituents is 1. The second-order valence-corrected chi connectivity index (χ2v) is 18.5. The first-order valence-corrected chi connectivity index (χ1v) is 21.9. The van der Waals surface area contributed by atoms with Crippen LogP contribution in [0.15, 0.2) is 83.0 Å². The van der Waals surface area contributed by atoms with Gasteiger partial charge in [0, 0.05) is 24.4 Å². The van der Waals surface area contributed by atoms with Crippen LogP contribution >= 0.6 is 26.0 Å². The van der Waals surface area contributed by atoms with Crippen LogP contribution in [-0.4, -0.2) is 88.8 Å². The van der Waals surface area contributed by atoms with Crippen molar-refractivity contribution in [1.29, 1.82) is 0 Å². The molecule has 6 heterocycles. The third-order valence-corrected chi connectivity index (χ3v) is 13.8. The number of H-pyrrole nitrogens is 1. The van der Waals surface area contributed by atoms with E-state index in [-0.39, 0.29) is 46.2 Å². The summed E-state index contributed by atoms with van der Waals surface area (Å²) in [7, 11) is -5.03. The summed E-state index contributed by atoms with van der Waals surface area (Å²) in [5.41, 5.74) is 5.31. The lowest BCUT2D eigenvalue weighted by molar-refractivity contribution is -0.0652. The summed E-state index contributed by atoms with van der Waals surface area (Å²) in [6, 6.07) is 12.7. The second-order valence-electron chi connectivity index (χ2n) is 13.1. The van der Waals surface area contributed by atoms with E-state index in [0.29, 0.717) is 16.9 Å². The number of aromatic amines is 1. The van der Waals surface area contributed by atoms with Crippen molar-refractivity contribution < 1.29 is 60.6 Å². The molecule has 5 N–H and O–H groups in total. The monoisotopic (exact) mass is 863 g/mol. The van der Waals surface area contributed by atoms with Gasteiger partial charge in [-0.15, -0.1) is 0 Å². The van der Waals surface area contributed by atoms with Crippen LogP contribution in [0.4, 0.5) is 10.2 Å². The van der Waals surface area contributed by atoms with E-state index in [9.17, 15) is 33.5 Å². The number of hydrogen-bond donors (Lipinski definition) is 4. The summed E-state index contributed by atoms with van der Waals surface area (Å²) in [5, 5.41) is 9.50. The number of hydrogen-bond acceptors (Lipinski definition) is 18. The van der Waals surface area contributed by atoms with E-state index >= 15 is 4.39 Å². The first-order valence-electron chi connectivity index (χ1n) is 17.3. The van der Waals surface area contributed by atoms with E-state index in [1.165, 1.54) is 47.3 Å². The van der Waals surface area contributed by atoms with Gasteiger partial charge in [0.15, 0.2) is 30.1 Å². The quantitative estimate of drug-likeness (QED) is 0.104. The Morgan fingerprint density at radius 3 is 2.50 bits per heavy atom. The fourth-order valence-electron chi connectivity index (χ4n) is 6.39. The molecule has 0 aliphatic carbocycles. The summed E-state index contributed by atoms with van der Waals surface area (Å²) in [4.78, 5) is 62.1. The number of rotatable bonds is 7. The van der Waals surface area contributed by atoms with Crippen LogP contribution in [0.5, 0.6) is 11.5 Å². The number of ether oxygens (including phenoxy) is 3. The van der Waals surface area contributed by atoms with Crippen molar-refractivity contribution in [1.82, 2.24) is 29.1 Å². The highest BCUT2D eigenvalue weighted by molar-refractivity contribution is 8.54. The van der Waals surface area contributed by atoms with Gasteiger partial charge < -0.3 is 29.9 Å². The Morgan fingerprint density at radius 2 is 1.74 bits per heavy atom. The molecule has 0 amide bonds. The molecule has 3 saturated heterocycles. The summed E-state index contributed by atoms with van der Waals surface area (Å²) in [6.45, 7) is -5.79. The molecular weight excluding hydrogens is 831 g/mol. The van der Waals surface area contributed by atoms with Gasteiger partial charge >= 0.3 is 26.3 Å². The molecule has 306 valence electrons. The van der Waals surface area contributed by atoms with Gasteiger partial charge in [-0.3, -0.25) is 37.0 Å². The summed E-state index contributed by atoms with van der Waals surface area (Å²) < 4.78 is 86.9. The molecule has 3 aliphatic rings. The van der Waals surface area contributed by atoms with Crippen molar-refractivity contribution in [2.24, 2.45) is 0 Å². The average molecular weight is 864 g/mol. The number of carbonyl (C=O) groups excluding carboxylic acids is 1. The number of phenols is 1. The van der Waals surface area contributed by atoms with Crippen LogP contribution < -0.4 is 21.7 Å². The average Bonchev–Trinajstić information content (AvgIpc) is 3.88. The van der Waals surface area contributed by atoms with Crippen LogP contribution in [0, 0.1) is 0 Å². The maximum absolute atomic E-state index is 16.7. The molecule has 2 aromatic carbocycles. The number of nitrogens with zero attached hydrogens (tertiary/aromatic N) is 5. The van der Waals surface area contributed by atoms with Gasteiger partial charge in [0.1, 0.15) is 41.7 Å². The number of halogens is 1. The molecule has 0 radical (unpaired) electrons. The Balaban J connectivity index is 1.07. The van der Waals surface area contributed by atoms with Gasteiger partial charge in [-0.25, -0.2) is 38.1 Å². The van der Waals surface area contributed by atoms with Crippen LogP contribution in [0.3, 0.4) is 0 Å². The number of nitrogens with two attached hydrogens (primary N) is 1. The number of esters is 1. The number of anilines is 1. The number of aromatic hydroxyl groups is 1. The molecule has 25 heteroatoms. The molecule has 3 fully saturated rings. The smallest absolute Gasteiger partial charge is 0.472 e. The zero-order chi connectivity index (χ0) is 40.8. The fourth-order valence-corrected chi connectivity index (χ4v) is 10.7. The lowest BCUT2D eigenvalue weighted by Crippen LogP contribution is -2.36. The molecular formula is C33H32FN7O14P2S. The molecule has 5 aromatic rings. The highest BCUT2D eigenvalue weighted by Gasteiger charge is 2.53. The van der Waals surface area contributed by atoms with Crippen molar-refractivity contribution in [2.75, 3.05) is 18.9 Å². The molecule has 3 aliphatic heterocycles. The zero-order valence-corrected chi connectivity index (χ0v) is 32.2. The predicted molar refractivity (Wildman–Crippen MR) is 198 cm³/mol. The van der Waals surface area contributed by atoms with E-state index in [1.807, 2.05) is 0 Å².